The fraction of sp³-hybridized carbons (Fsp3) is 0.308. The number of hydrogen-bond acceptors (Lipinski definition) is 5. The predicted octanol–water partition coefficient (Wildman–Crippen LogP) is 1.64. The van der Waals surface area contributed by atoms with Gasteiger partial charge >= 0.3 is 5.97 Å². The molecule has 6 nitrogen and oxygen atoms in total. The van der Waals surface area contributed by atoms with E-state index in [0.29, 0.717) is 29.4 Å². The zero-order valence-electron chi connectivity index (χ0n) is 11.2. The second-order valence-corrected chi connectivity index (χ2v) is 4.11. The number of aromatic nitrogens is 3. The molecule has 0 aliphatic rings. The SMILES string of the molecule is CCOC(=O)c1ccc(-n2nc(C)nc2C)c(N)c1. The summed E-state index contributed by atoms with van der Waals surface area (Å²) in [6.07, 6.45) is 0. The third-order valence-corrected chi connectivity index (χ3v) is 2.64. The molecule has 1 aromatic carbocycles. The Labute approximate surface area is 111 Å². The van der Waals surface area contributed by atoms with Crippen molar-refractivity contribution in [3.05, 3.63) is 35.4 Å². The molecular formula is C13H16N4O2. The van der Waals surface area contributed by atoms with Gasteiger partial charge in [-0.1, -0.05) is 0 Å². The Morgan fingerprint density at radius 3 is 2.68 bits per heavy atom. The highest BCUT2D eigenvalue weighted by molar-refractivity contribution is 5.91. The number of benzene rings is 1. The van der Waals surface area contributed by atoms with E-state index in [2.05, 4.69) is 10.1 Å². The molecule has 0 fully saturated rings. The lowest BCUT2D eigenvalue weighted by atomic mass is 10.1. The number of ether oxygens (including phenoxy) is 1. The summed E-state index contributed by atoms with van der Waals surface area (Å²) in [7, 11) is 0. The lowest BCUT2D eigenvalue weighted by Crippen LogP contribution is -2.08. The van der Waals surface area contributed by atoms with Gasteiger partial charge in [0.05, 0.1) is 23.5 Å². The number of nitrogen functional groups attached to an aromatic ring is 1. The van der Waals surface area contributed by atoms with Gasteiger partial charge in [-0.05, 0) is 39.0 Å². The molecule has 19 heavy (non-hydrogen) atoms. The molecule has 2 aromatic rings. The number of nitrogens with zero attached hydrogens (tertiary/aromatic N) is 3. The van der Waals surface area contributed by atoms with E-state index in [-0.39, 0.29) is 5.97 Å². The molecule has 0 saturated carbocycles. The summed E-state index contributed by atoms with van der Waals surface area (Å²) in [5, 5.41) is 4.26. The number of rotatable bonds is 3. The third kappa shape index (κ3) is 2.57. The lowest BCUT2D eigenvalue weighted by Gasteiger charge is -2.08. The van der Waals surface area contributed by atoms with E-state index < -0.39 is 0 Å². The van der Waals surface area contributed by atoms with Crippen molar-refractivity contribution in [1.29, 1.82) is 0 Å². The Morgan fingerprint density at radius 2 is 2.16 bits per heavy atom. The van der Waals surface area contributed by atoms with Gasteiger partial charge in [0.15, 0.2) is 0 Å². The molecule has 0 radical (unpaired) electrons. The number of hydrogen-bond donors (Lipinski definition) is 1. The average Bonchev–Trinajstić information content (AvgIpc) is 2.68. The molecule has 0 amide bonds. The van der Waals surface area contributed by atoms with E-state index in [1.807, 2.05) is 13.8 Å². The Balaban J connectivity index is 2.40. The number of nitrogens with two attached hydrogens (primary N) is 1. The van der Waals surface area contributed by atoms with Gasteiger partial charge in [-0.2, -0.15) is 5.10 Å². The summed E-state index contributed by atoms with van der Waals surface area (Å²) >= 11 is 0. The van der Waals surface area contributed by atoms with Crippen molar-refractivity contribution in [3.8, 4) is 5.69 Å². The van der Waals surface area contributed by atoms with Crippen molar-refractivity contribution >= 4 is 11.7 Å². The van der Waals surface area contributed by atoms with Crippen LogP contribution in [0.1, 0.15) is 28.9 Å². The Bertz CT molecular complexity index is 619. The molecule has 0 aliphatic heterocycles. The second kappa shape index (κ2) is 5.09. The number of carbonyl (C=O) groups is 1. The van der Waals surface area contributed by atoms with Gasteiger partial charge in [0.25, 0.3) is 0 Å². The van der Waals surface area contributed by atoms with Gasteiger partial charge in [-0.3, -0.25) is 0 Å². The topological polar surface area (TPSA) is 83.0 Å². The van der Waals surface area contributed by atoms with Gasteiger partial charge in [0, 0.05) is 0 Å². The van der Waals surface area contributed by atoms with Crippen LogP contribution in [0.15, 0.2) is 18.2 Å². The first-order valence-corrected chi connectivity index (χ1v) is 6.00. The molecule has 2 rings (SSSR count). The summed E-state index contributed by atoms with van der Waals surface area (Å²) in [5.41, 5.74) is 7.55. The van der Waals surface area contributed by atoms with Crippen molar-refractivity contribution in [2.75, 3.05) is 12.3 Å². The van der Waals surface area contributed by atoms with Crippen molar-refractivity contribution in [1.82, 2.24) is 14.8 Å². The van der Waals surface area contributed by atoms with Crippen molar-refractivity contribution in [3.63, 3.8) is 0 Å². The summed E-state index contributed by atoms with van der Waals surface area (Å²) in [6, 6.07) is 4.99. The molecule has 1 aromatic heterocycles. The van der Waals surface area contributed by atoms with Crippen molar-refractivity contribution in [2.24, 2.45) is 0 Å². The van der Waals surface area contributed by atoms with Crippen LogP contribution < -0.4 is 5.73 Å². The molecule has 0 aliphatic carbocycles. The highest BCUT2D eigenvalue weighted by atomic mass is 16.5. The van der Waals surface area contributed by atoms with E-state index in [4.69, 9.17) is 10.5 Å². The van der Waals surface area contributed by atoms with Crippen LogP contribution in [0, 0.1) is 13.8 Å². The number of carbonyl (C=O) groups excluding carboxylic acids is 1. The number of anilines is 1. The van der Waals surface area contributed by atoms with E-state index >= 15 is 0 Å². The molecule has 1 heterocycles. The van der Waals surface area contributed by atoms with Gasteiger partial charge < -0.3 is 10.5 Å². The minimum atomic E-state index is -0.382. The van der Waals surface area contributed by atoms with Gasteiger partial charge in [0.2, 0.25) is 0 Å². The maximum atomic E-state index is 11.6. The van der Waals surface area contributed by atoms with Crippen molar-refractivity contribution in [2.45, 2.75) is 20.8 Å². The van der Waals surface area contributed by atoms with E-state index in [1.165, 1.54) is 0 Å². The highest BCUT2D eigenvalue weighted by Crippen LogP contribution is 2.20. The van der Waals surface area contributed by atoms with Crippen molar-refractivity contribution < 1.29 is 9.53 Å². The summed E-state index contributed by atoms with van der Waals surface area (Å²) in [4.78, 5) is 15.8. The Hall–Kier alpha value is -2.37. The summed E-state index contributed by atoms with van der Waals surface area (Å²) < 4.78 is 6.58. The quantitative estimate of drug-likeness (QED) is 0.670. The van der Waals surface area contributed by atoms with Crippen LogP contribution in [-0.4, -0.2) is 27.3 Å². The fourth-order valence-corrected chi connectivity index (χ4v) is 1.84. The minimum Gasteiger partial charge on any atom is -0.462 e. The molecule has 0 atom stereocenters. The highest BCUT2D eigenvalue weighted by Gasteiger charge is 2.12. The molecule has 0 saturated heterocycles. The second-order valence-electron chi connectivity index (χ2n) is 4.11. The first-order chi connectivity index (χ1) is 9.02. The van der Waals surface area contributed by atoms with E-state index in [0.717, 1.165) is 5.82 Å². The largest absolute Gasteiger partial charge is 0.462 e. The van der Waals surface area contributed by atoms with Crippen LogP contribution in [0.2, 0.25) is 0 Å². The Kier molecular flexibility index (Phi) is 3.50. The Morgan fingerprint density at radius 1 is 1.42 bits per heavy atom. The number of aryl methyl sites for hydroxylation is 2. The first-order valence-electron chi connectivity index (χ1n) is 6.00. The van der Waals surface area contributed by atoms with Gasteiger partial charge in [-0.15, -0.1) is 0 Å². The maximum absolute atomic E-state index is 11.6. The van der Waals surface area contributed by atoms with Crippen LogP contribution in [0.25, 0.3) is 5.69 Å². The summed E-state index contributed by atoms with van der Waals surface area (Å²) in [5.74, 6) is 1.03. The van der Waals surface area contributed by atoms with Crippen LogP contribution in [0.5, 0.6) is 0 Å². The maximum Gasteiger partial charge on any atom is 0.338 e. The van der Waals surface area contributed by atoms with E-state index in [1.54, 1.807) is 29.8 Å². The standard InChI is InChI=1S/C13H16N4O2/c1-4-19-13(18)10-5-6-12(11(14)7-10)17-9(3)15-8(2)16-17/h5-7H,4,14H2,1-3H3. The molecule has 100 valence electrons. The van der Waals surface area contributed by atoms with Crippen LogP contribution >= 0.6 is 0 Å². The van der Waals surface area contributed by atoms with Gasteiger partial charge in [-0.25, -0.2) is 14.5 Å². The summed E-state index contributed by atoms with van der Waals surface area (Å²) in [6.45, 7) is 5.75. The smallest absolute Gasteiger partial charge is 0.338 e. The molecular weight excluding hydrogens is 244 g/mol. The zero-order chi connectivity index (χ0) is 14.0. The molecule has 6 heteroatoms. The fourth-order valence-electron chi connectivity index (χ4n) is 1.84. The lowest BCUT2D eigenvalue weighted by molar-refractivity contribution is 0.0526. The molecule has 0 bridgehead atoms. The normalized spacial score (nSPS) is 10.5. The molecule has 0 spiro atoms. The molecule has 0 unspecified atom stereocenters. The third-order valence-electron chi connectivity index (χ3n) is 2.64. The zero-order valence-corrected chi connectivity index (χ0v) is 11.2. The van der Waals surface area contributed by atoms with Crippen LogP contribution in [0.4, 0.5) is 5.69 Å². The first kappa shape index (κ1) is 13.1. The molecule has 2 N–H and O–H groups in total. The van der Waals surface area contributed by atoms with E-state index in [9.17, 15) is 4.79 Å². The minimum absolute atomic E-state index is 0.335. The monoisotopic (exact) mass is 260 g/mol. The average molecular weight is 260 g/mol. The van der Waals surface area contributed by atoms with Crippen LogP contribution in [0.3, 0.4) is 0 Å². The van der Waals surface area contributed by atoms with Crippen LogP contribution in [-0.2, 0) is 4.74 Å². The predicted molar refractivity (Wildman–Crippen MR) is 71.2 cm³/mol. The number of esters is 1. The van der Waals surface area contributed by atoms with Gasteiger partial charge in [0.1, 0.15) is 11.6 Å².